The molecule has 0 bridgehead atoms. The Kier molecular flexibility index (Phi) is 4.44. The molecule has 1 aromatic heterocycles. The van der Waals surface area contributed by atoms with Crippen molar-refractivity contribution in [3.05, 3.63) is 40.3 Å². The molecule has 26 heavy (non-hydrogen) atoms. The topological polar surface area (TPSA) is 64.6 Å². The Bertz CT molecular complexity index is 869. The molecule has 136 valence electrons. The molecule has 2 aromatic rings. The summed E-state index contributed by atoms with van der Waals surface area (Å²) in [6.45, 7) is 1.62. The molecule has 1 saturated carbocycles. The molecule has 0 saturated heterocycles. The molecule has 6 heteroatoms. The molecule has 1 heterocycles. The van der Waals surface area contributed by atoms with E-state index in [4.69, 9.17) is 9.47 Å². The zero-order valence-electron chi connectivity index (χ0n) is 14.8. The number of amides is 1. The Hall–Kier alpha value is -2.34. The first kappa shape index (κ1) is 17.1. The average molecular weight is 371 g/mol. The number of nitrogens with one attached hydrogen (secondary N) is 1. The third-order valence-electron chi connectivity index (χ3n) is 4.81. The Morgan fingerprint density at radius 2 is 1.96 bits per heavy atom. The van der Waals surface area contributed by atoms with E-state index in [0.717, 1.165) is 47.4 Å². The van der Waals surface area contributed by atoms with Crippen LogP contribution in [0.5, 0.6) is 5.75 Å². The SMILES string of the molecule is COc1ccc2c(c1)CCc1cc(C(=O)OC(C)C(=O)NC3CC3)sc1-2. The standard InChI is InChI=1S/C20H21NO4S/c1-11(19(22)21-14-5-6-14)25-20(23)17-10-13-4-3-12-9-15(24-2)7-8-16(12)18(13)26-17/h7-11,14H,3-6H2,1-2H3,(H,21,22). The lowest BCUT2D eigenvalue weighted by atomic mass is 9.91. The summed E-state index contributed by atoms with van der Waals surface area (Å²) in [4.78, 5) is 26.1. The van der Waals surface area contributed by atoms with Crippen molar-refractivity contribution in [3.8, 4) is 16.2 Å². The van der Waals surface area contributed by atoms with Gasteiger partial charge in [-0.15, -0.1) is 11.3 Å². The van der Waals surface area contributed by atoms with Gasteiger partial charge in [0.05, 0.1) is 7.11 Å². The minimum atomic E-state index is -0.779. The molecule has 1 amide bonds. The summed E-state index contributed by atoms with van der Waals surface area (Å²) in [6.07, 6.45) is 3.04. The highest BCUT2D eigenvalue weighted by molar-refractivity contribution is 7.17. The molecular weight excluding hydrogens is 350 g/mol. The minimum absolute atomic E-state index is 0.223. The van der Waals surface area contributed by atoms with Crippen molar-refractivity contribution in [2.45, 2.75) is 44.8 Å². The molecule has 1 unspecified atom stereocenters. The van der Waals surface area contributed by atoms with Gasteiger partial charge >= 0.3 is 5.97 Å². The number of fused-ring (bicyclic) bond motifs is 3. The zero-order valence-corrected chi connectivity index (χ0v) is 15.7. The van der Waals surface area contributed by atoms with Gasteiger partial charge in [-0.2, -0.15) is 0 Å². The summed E-state index contributed by atoms with van der Waals surface area (Å²) in [5.41, 5.74) is 3.54. The zero-order chi connectivity index (χ0) is 18.3. The minimum Gasteiger partial charge on any atom is -0.497 e. The summed E-state index contributed by atoms with van der Waals surface area (Å²) >= 11 is 1.43. The van der Waals surface area contributed by atoms with Crippen molar-refractivity contribution in [1.82, 2.24) is 5.32 Å². The average Bonchev–Trinajstić information content (AvgIpc) is 3.34. The molecule has 5 nitrogen and oxygen atoms in total. The van der Waals surface area contributed by atoms with Crippen LogP contribution in [0.25, 0.3) is 10.4 Å². The van der Waals surface area contributed by atoms with Crippen LogP contribution in [0.2, 0.25) is 0 Å². The summed E-state index contributed by atoms with van der Waals surface area (Å²) in [7, 11) is 1.66. The molecule has 0 aliphatic heterocycles. The van der Waals surface area contributed by atoms with Gasteiger partial charge in [0.15, 0.2) is 6.10 Å². The fourth-order valence-corrected chi connectivity index (χ4v) is 4.31. The first-order valence-electron chi connectivity index (χ1n) is 8.86. The number of carbonyl (C=O) groups excluding carboxylic acids is 2. The van der Waals surface area contributed by atoms with Crippen molar-refractivity contribution in [1.29, 1.82) is 0 Å². The van der Waals surface area contributed by atoms with Crippen LogP contribution in [-0.4, -0.2) is 31.1 Å². The third kappa shape index (κ3) is 3.33. The van der Waals surface area contributed by atoms with Crippen LogP contribution in [0.1, 0.15) is 40.6 Å². The van der Waals surface area contributed by atoms with Crippen molar-refractivity contribution < 1.29 is 19.1 Å². The smallest absolute Gasteiger partial charge is 0.349 e. The number of hydrogen-bond acceptors (Lipinski definition) is 5. The molecule has 1 fully saturated rings. The van der Waals surface area contributed by atoms with E-state index in [1.807, 2.05) is 18.2 Å². The van der Waals surface area contributed by atoms with Crippen molar-refractivity contribution >= 4 is 23.2 Å². The molecular formula is C20H21NO4S. The number of methoxy groups -OCH3 is 1. The number of hydrogen-bond donors (Lipinski definition) is 1. The third-order valence-corrected chi connectivity index (χ3v) is 6.00. The van der Waals surface area contributed by atoms with E-state index < -0.39 is 12.1 Å². The molecule has 2 aliphatic carbocycles. The van der Waals surface area contributed by atoms with Crippen LogP contribution in [0.4, 0.5) is 0 Å². The Morgan fingerprint density at radius 1 is 1.19 bits per heavy atom. The lowest BCUT2D eigenvalue weighted by Gasteiger charge is -2.16. The van der Waals surface area contributed by atoms with Crippen molar-refractivity contribution in [2.24, 2.45) is 0 Å². The first-order valence-corrected chi connectivity index (χ1v) is 9.68. The highest BCUT2D eigenvalue weighted by Gasteiger charge is 2.28. The van der Waals surface area contributed by atoms with Gasteiger partial charge in [0, 0.05) is 10.9 Å². The van der Waals surface area contributed by atoms with Crippen molar-refractivity contribution in [3.63, 3.8) is 0 Å². The maximum absolute atomic E-state index is 12.5. The second-order valence-corrected chi connectivity index (χ2v) is 7.87. The summed E-state index contributed by atoms with van der Waals surface area (Å²) in [5.74, 6) is 0.191. The van der Waals surface area contributed by atoms with Crippen LogP contribution < -0.4 is 10.1 Å². The number of esters is 1. The van der Waals surface area contributed by atoms with Gasteiger partial charge in [-0.3, -0.25) is 4.79 Å². The normalized spacial score (nSPS) is 16.2. The molecule has 1 atom stereocenters. The van der Waals surface area contributed by atoms with E-state index in [0.29, 0.717) is 4.88 Å². The van der Waals surface area contributed by atoms with Gasteiger partial charge in [0.25, 0.3) is 5.91 Å². The van der Waals surface area contributed by atoms with E-state index in [-0.39, 0.29) is 11.9 Å². The number of benzene rings is 1. The van der Waals surface area contributed by atoms with E-state index in [9.17, 15) is 9.59 Å². The maximum Gasteiger partial charge on any atom is 0.349 e. The fourth-order valence-electron chi connectivity index (χ4n) is 3.16. The van der Waals surface area contributed by atoms with E-state index in [1.54, 1.807) is 14.0 Å². The molecule has 4 rings (SSSR count). The predicted molar refractivity (Wildman–Crippen MR) is 99.8 cm³/mol. The molecule has 1 aromatic carbocycles. The molecule has 0 radical (unpaired) electrons. The Labute approximate surface area is 156 Å². The summed E-state index contributed by atoms with van der Waals surface area (Å²) in [6, 6.07) is 8.20. The van der Waals surface area contributed by atoms with Crippen LogP contribution in [0, 0.1) is 0 Å². The van der Waals surface area contributed by atoms with Crippen LogP contribution in [0.3, 0.4) is 0 Å². The van der Waals surface area contributed by atoms with E-state index >= 15 is 0 Å². The molecule has 0 spiro atoms. The lowest BCUT2D eigenvalue weighted by Crippen LogP contribution is -2.36. The maximum atomic E-state index is 12.5. The van der Waals surface area contributed by atoms with Crippen LogP contribution in [-0.2, 0) is 22.4 Å². The number of ether oxygens (including phenoxy) is 2. The number of carbonyl (C=O) groups is 2. The quantitative estimate of drug-likeness (QED) is 0.819. The highest BCUT2D eigenvalue weighted by atomic mass is 32.1. The van der Waals surface area contributed by atoms with Gasteiger partial charge in [0.1, 0.15) is 10.6 Å². The Balaban J connectivity index is 1.51. The van der Waals surface area contributed by atoms with E-state index in [2.05, 4.69) is 11.4 Å². The monoisotopic (exact) mass is 371 g/mol. The second-order valence-electron chi connectivity index (χ2n) is 6.82. The van der Waals surface area contributed by atoms with Crippen molar-refractivity contribution in [2.75, 3.05) is 7.11 Å². The van der Waals surface area contributed by atoms with Crippen LogP contribution >= 0.6 is 11.3 Å². The number of aryl methyl sites for hydroxylation is 2. The van der Waals surface area contributed by atoms with Crippen LogP contribution in [0.15, 0.2) is 24.3 Å². The fraction of sp³-hybridized carbons (Fsp3) is 0.400. The largest absolute Gasteiger partial charge is 0.497 e. The Morgan fingerprint density at radius 3 is 2.69 bits per heavy atom. The first-order chi connectivity index (χ1) is 12.5. The van der Waals surface area contributed by atoms with Gasteiger partial charge in [0.2, 0.25) is 0 Å². The summed E-state index contributed by atoms with van der Waals surface area (Å²) in [5, 5.41) is 2.86. The summed E-state index contributed by atoms with van der Waals surface area (Å²) < 4.78 is 10.7. The molecule has 2 aliphatic rings. The lowest BCUT2D eigenvalue weighted by molar-refractivity contribution is -0.129. The molecule has 1 N–H and O–H groups in total. The number of thiophene rings is 1. The van der Waals surface area contributed by atoms with E-state index in [1.165, 1.54) is 16.9 Å². The van der Waals surface area contributed by atoms with Gasteiger partial charge in [-0.1, -0.05) is 0 Å². The predicted octanol–water partition coefficient (Wildman–Crippen LogP) is 3.35. The van der Waals surface area contributed by atoms with Gasteiger partial charge < -0.3 is 14.8 Å². The van der Waals surface area contributed by atoms with Gasteiger partial charge in [-0.25, -0.2) is 4.79 Å². The number of rotatable bonds is 5. The second kappa shape index (κ2) is 6.76. The van der Waals surface area contributed by atoms with Gasteiger partial charge in [-0.05, 0) is 73.6 Å². The highest BCUT2D eigenvalue weighted by Crippen LogP contribution is 2.41.